The van der Waals surface area contributed by atoms with E-state index in [1.165, 1.54) is 12.1 Å². The molecule has 0 bridgehead atoms. The molecule has 0 N–H and O–H groups in total. The van der Waals surface area contributed by atoms with Gasteiger partial charge < -0.3 is 4.74 Å². The molecule has 2 rings (SSSR count). The number of carbonyl (C=O) groups is 1. The molecule has 0 radical (unpaired) electrons. The lowest BCUT2D eigenvalue weighted by atomic mass is 9.89. The van der Waals surface area contributed by atoms with Crippen molar-refractivity contribution in [3.05, 3.63) is 35.4 Å². The molecule has 4 heteroatoms. The number of ether oxygens (including phenoxy) is 1. The van der Waals surface area contributed by atoms with E-state index in [1.54, 1.807) is 0 Å². The summed E-state index contributed by atoms with van der Waals surface area (Å²) >= 11 is 0. The largest absolute Gasteiger partial charge is 0.459 e. The van der Waals surface area contributed by atoms with Crippen molar-refractivity contribution >= 4 is 5.97 Å². The molecule has 0 amide bonds. The Morgan fingerprint density at radius 2 is 2.11 bits per heavy atom. The minimum absolute atomic E-state index is 0.177. The van der Waals surface area contributed by atoms with Crippen molar-refractivity contribution in [2.75, 3.05) is 0 Å². The van der Waals surface area contributed by atoms with Crippen LogP contribution >= 0.6 is 0 Å². The number of hydrogen-bond acceptors (Lipinski definition) is 2. The zero-order valence-corrected chi connectivity index (χ0v) is 10.3. The maximum Gasteiger partial charge on any atom is 0.341 e. The summed E-state index contributed by atoms with van der Waals surface area (Å²) in [5.74, 6) is -2.42. The first-order chi connectivity index (χ1) is 8.58. The van der Waals surface area contributed by atoms with E-state index in [0.29, 0.717) is 5.92 Å². The molecule has 2 atom stereocenters. The number of halogens is 2. The molecule has 2 nitrogen and oxygen atoms in total. The summed E-state index contributed by atoms with van der Waals surface area (Å²) in [7, 11) is 0. The topological polar surface area (TPSA) is 26.3 Å². The number of hydrogen-bond donors (Lipinski definition) is 0. The van der Waals surface area contributed by atoms with Crippen molar-refractivity contribution in [1.82, 2.24) is 0 Å². The van der Waals surface area contributed by atoms with Crippen LogP contribution in [0.5, 0.6) is 0 Å². The Kier molecular flexibility index (Phi) is 3.94. The fraction of sp³-hybridized carbons (Fsp3) is 0.500. The van der Waals surface area contributed by atoms with Gasteiger partial charge in [0.05, 0.1) is 5.56 Å². The number of benzene rings is 1. The van der Waals surface area contributed by atoms with Crippen molar-refractivity contribution in [3.8, 4) is 0 Å². The van der Waals surface area contributed by atoms with Crippen LogP contribution in [0.2, 0.25) is 0 Å². The minimum atomic E-state index is -1.13. The summed E-state index contributed by atoms with van der Waals surface area (Å²) in [6, 6.07) is 3.53. The predicted octanol–water partition coefficient (Wildman–Crippen LogP) is 3.70. The maximum atomic E-state index is 13.4. The zero-order valence-electron chi connectivity index (χ0n) is 10.3. The fourth-order valence-corrected chi connectivity index (χ4v) is 2.36. The van der Waals surface area contributed by atoms with Crippen LogP contribution in [-0.2, 0) is 4.74 Å². The van der Waals surface area contributed by atoms with Crippen LogP contribution in [0.15, 0.2) is 18.2 Å². The second-order valence-electron chi connectivity index (χ2n) is 4.90. The number of rotatable bonds is 2. The van der Waals surface area contributed by atoms with Gasteiger partial charge in [0.15, 0.2) is 11.6 Å². The summed E-state index contributed by atoms with van der Waals surface area (Å²) in [6.07, 6.45) is 3.55. The Bertz CT molecular complexity index is 445. The molecule has 1 fully saturated rings. The maximum absolute atomic E-state index is 13.4. The molecule has 1 aromatic carbocycles. The van der Waals surface area contributed by atoms with Gasteiger partial charge in [0, 0.05) is 0 Å². The summed E-state index contributed by atoms with van der Waals surface area (Å²) in [5.41, 5.74) is -0.326. The molecule has 0 spiro atoms. The Balaban J connectivity index is 2.05. The lowest BCUT2D eigenvalue weighted by molar-refractivity contribution is 0.0149. The molecule has 0 saturated heterocycles. The first kappa shape index (κ1) is 13.0. The SMILES string of the molecule is CC1CCCC(OC(=O)c2cccc(F)c2F)C1. The minimum Gasteiger partial charge on any atom is -0.459 e. The van der Waals surface area contributed by atoms with Crippen LogP contribution in [0.1, 0.15) is 43.0 Å². The van der Waals surface area contributed by atoms with E-state index in [2.05, 4.69) is 6.92 Å². The van der Waals surface area contributed by atoms with Gasteiger partial charge in [0.2, 0.25) is 0 Å². The van der Waals surface area contributed by atoms with E-state index in [1.807, 2.05) is 0 Å². The molecule has 0 aliphatic heterocycles. The highest BCUT2D eigenvalue weighted by atomic mass is 19.2. The second kappa shape index (κ2) is 5.46. The van der Waals surface area contributed by atoms with E-state index in [9.17, 15) is 13.6 Å². The second-order valence-corrected chi connectivity index (χ2v) is 4.90. The van der Waals surface area contributed by atoms with Gasteiger partial charge in [-0.2, -0.15) is 0 Å². The Hall–Kier alpha value is -1.45. The van der Waals surface area contributed by atoms with Crippen LogP contribution < -0.4 is 0 Å². The number of esters is 1. The van der Waals surface area contributed by atoms with Crippen LogP contribution in [-0.4, -0.2) is 12.1 Å². The molecule has 0 aromatic heterocycles. The lowest BCUT2D eigenvalue weighted by Gasteiger charge is -2.26. The Labute approximate surface area is 105 Å². The van der Waals surface area contributed by atoms with E-state index in [-0.39, 0.29) is 11.7 Å². The average molecular weight is 254 g/mol. The van der Waals surface area contributed by atoms with E-state index >= 15 is 0 Å². The van der Waals surface area contributed by atoms with Gasteiger partial charge in [-0.25, -0.2) is 13.6 Å². The van der Waals surface area contributed by atoms with Gasteiger partial charge in [0.1, 0.15) is 6.10 Å². The fourth-order valence-electron chi connectivity index (χ4n) is 2.36. The lowest BCUT2D eigenvalue weighted by Crippen LogP contribution is -2.25. The summed E-state index contributed by atoms with van der Waals surface area (Å²) in [4.78, 5) is 11.8. The predicted molar refractivity (Wildman–Crippen MR) is 63.2 cm³/mol. The normalized spacial score (nSPS) is 23.7. The third-order valence-electron chi connectivity index (χ3n) is 3.33. The van der Waals surface area contributed by atoms with Gasteiger partial charge in [-0.3, -0.25) is 0 Å². The Morgan fingerprint density at radius 3 is 2.83 bits per heavy atom. The molecular weight excluding hydrogens is 238 g/mol. The van der Waals surface area contributed by atoms with Gasteiger partial charge in [-0.1, -0.05) is 19.4 Å². The molecule has 1 aliphatic rings. The van der Waals surface area contributed by atoms with Crippen LogP contribution in [0.3, 0.4) is 0 Å². The molecule has 1 aromatic rings. The van der Waals surface area contributed by atoms with Crippen molar-refractivity contribution in [1.29, 1.82) is 0 Å². The van der Waals surface area contributed by atoms with Crippen molar-refractivity contribution in [2.45, 2.75) is 38.7 Å². The number of carbonyl (C=O) groups excluding carboxylic acids is 1. The molecular formula is C14H16F2O2. The molecule has 98 valence electrons. The molecule has 1 aliphatic carbocycles. The first-order valence-electron chi connectivity index (χ1n) is 6.23. The van der Waals surface area contributed by atoms with Gasteiger partial charge in [0.25, 0.3) is 0 Å². The van der Waals surface area contributed by atoms with E-state index < -0.39 is 17.6 Å². The summed E-state index contributed by atoms with van der Waals surface area (Å²) < 4.78 is 31.6. The average Bonchev–Trinajstić information content (AvgIpc) is 2.32. The smallest absolute Gasteiger partial charge is 0.341 e. The van der Waals surface area contributed by atoms with E-state index in [0.717, 1.165) is 31.7 Å². The summed E-state index contributed by atoms with van der Waals surface area (Å²) in [6.45, 7) is 2.10. The quantitative estimate of drug-likeness (QED) is 0.752. The Morgan fingerprint density at radius 1 is 1.33 bits per heavy atom. The van der Waals surface area contributed by atoms with Crippen molar-refractivity contribution in [3.63, 3.8) is 0 Å². The molecule has 18 heavy (non-hydrogen) atoms. The molecule has 0 heterocycles. The van der Waals surface area contributed by atoms with Gasteiger partial charge in [-0.05, 0) is 37.3 Å². The third kappa shape index (κ3) is 2.86. The highest BCUT2D eigenvalue weighted by Crippen LogP contribution is 2.26. The zero-order chi connectivity index (χ0) is 13.1. The van der Waals surface area contributed by atoms with Gasteiger partial charge in [-0.15, -0.1) is 0 Å². The van der Waals surface area contributed by atoms with E-state index in [4.69, 9.17) is 4.74 Å². The van der Waals surface area contributed by atoms with Gasteiger partial charge >= 0.3 is 5.97 Å². The van der Waals surface area contributed by atoms with Crippen LogP contribution in [0.25, 0.3) is 0 Å². The van der Waals surface area contributed by atoms with Crippen LogP contribution in [0, 0.1) is 17.6 Å². The molecule has 2 unspecified atom stereocenters. The highest BCUT2D eigenvalue weighted by Gasteiger charge is 2.24. The highest BCUT2D eigenvalue weighted by molar-refractivity contribution is 5.89. The summed E-state index contributed by atoms with van der Waals surface area (Å²) in [5, 5.41) is 0. The molecule has 1 saturated carbocycles. The third-order valence-corrected chi connectivity index (χ3v) is 3.33. The van der Waals surface area contributed by atoms with Crippen molar-refractivity contribution < 1.29 is 18.3 Å². The standard InChI is InChI=1S/C14H16F2O2/c1-9-4-2-5-10(8-9)18-14(17)11-6-3-7-12(15)13(11)16/h3,6-7,9-10H,2,4-5,8H2,1H3. The van der Waals surface area contributed by atoms with Crippen molar-refractivity contribution in [2.24, 2.45) is 5.92 Å². The first-order valence-corrected chi connectivity index (χ1v) is 6.23. The van der Waals surface area contributed by atoms with Crippen LogP contribution in [0.4, 0.5) is 8.78 Å². The monoisotopic (exact) mass is 254 g/mol.